The Morgan fingerprint density at radius 2 is 1.94 bits per heavy atom. The smallest absolute Gasteiger partial charge is 0.263 e. The zero-order valence-electron chi connectivity index (χ0n) is 19.0. The van der Waals surface area contributed by atoms with Crippen LogP contribution in [0, 0.1) is 5.82 Å². The second-order valence-electron chi connectivity index (χ2n) is 8.22. The third kappa shape index (κ3) is 4.42. The number of piperazine rings is 1. The number of carbonyl (C=O) groups excluding carboxylic acids is 2. The maximum Gasteiger partial charge on any atom is 0.263 e. The Labute approximate surface area is 213 Å². The maximum atomic E-state index is 14.0. The Kier molecular flexibility index (Phi) is 6.18. The van der Waals surface area contributed by atoms with Crippen LogP contribution in [0.2, 0.25) is 0 Å². The summed E-state index contributed by atoms with van der Waals surface area (Å²) in [5.74, 6) is -0.883. The van der Waals surface area contributed by atoms with Crippen molar-refractivity contribution in [3.8, 4) is 0 Å². The Hall–Kier alpha value is -3.84. The van der Waals surface area contributed by atoms with Crippen LogP contribution in [0.5, 0.6) is 0 Å². The van der Waals surface area contributed by atoms with Crippen molar-refractivity contribution < 1.29 is 25.3 Å². The number of rotatable bonds is 6. The molecule has 5 rings (SSSR count). The average molecular weight is 533 g/mol. The van der Waals surface area contributed by atoms with E-state index in [1.54, 1.807) is 48.0 Å². The first-order valence-electron chi connectivity index (χ1n) is 11.0. The quantitative estimate of drug-likeness (QED) is 0.407. The minimum atomic E-state index is -3.84. The molecule has 0 radical (unpaired) electrons. The van der Waals surface area contributed by atoms with Crippen molar-refractivity contribution in [3.63, 3.8) is 0 Å². The van der Waals surface area contributed by atoms with Gasteiger partial charge in [0.1, 0.15) is 24.7 Å². The minimum absolute atomic E-state index is 0. The minimum Gasteiger partial charge on any atom is -0.335 e. The standard InChI is InChI=1S/C23H21FN6O4S2.2H2/c1-15(29-10-9-18-19(24)3-2-4-20(18)29)22(32)28-11-12-30(21(31)13-28)16-5-7-17(8-6-16)36(33,34)27-23-25-14-26-35-23;;/h2-10,14-15H,11-13H2,1H3,(H,25,26,27);2*1H/t15-;;/m1../s1. The van der Waals surface area contributed by atoms with Gasteiger partial charge in [-0.15, -0.1) is 0 Å². The first-order valence-corrected chi connectivity index (χ1v) is 13.2. The van der Waals surface area contributed by atoms with E-state index in [4.69, 9.17) is 0 Å². The third-order valence-electron chi connectivity index (χ3n) is 6.06. The number of anilines is 2. The summed E-state index contributed by atoms with van der Waals surface area (Å²) in [6.45, 7) is 2.17. The molecule has 10 nitrogen and oxygen atoms in total. The van der Waals surface area contributed by atoms with Gasteiger partial charge in [0.25, 0.3) is 10.0 Å². The molecule has 1 aliphatic heterocycles. The lowest BCUT2D eigenvalue weighted by Gasteiger charge is -2.35. The van der Waals surface area contributed by atoms with E-state index in [1.165, 1.54) is 34.3 Å². The molecule has 13 heteroatoms. The highest BCUT2D eigenvalue weighted by Crippen LogP contribution is 2.26. The Bertz CT molecular complexity index is 1550. The number of hydrogen-bond donors (Lipinski definition) is 1. The van der Waals surface area contributed by atoms with Gasteiger partial charge in [0.2, 0.25) is 16.9 Å². The molecule has 2 aromatic heterocycles. The summed E-state index contributed by atoms with van der Waals surface area (Å²) in [6, 6.07) is 11.6. The van der Waals surface area contributed by atoms with Crippen LogP contribution in [0.15, 0.2) is 66.0 Å². The monoisotopic (exact) mass is 532 g/mol. The summed E-state index contributed by atoms with van der Waals surface area (Å²) in [5.41, 5.74) is 1.14. The van der Waals surface area contributed by atoms with Crippen molar-refractivity contribution in [3.05, 3.63) is 66.9 Å². The zero-order chi connectivity index (χ0) is 25.4. The molecule has 1 saturated heterocycles. The van der Waals surface area contributed by atoms with E-state index >= 15 is 0 Å². The number of fused-ring (bicyclic) bond motifs is 1. The first kappa shape index (κ1) is 23.9. The first-order chi connectivity index (χ1) is 17.2. The highest BCUT2D eigenvalue weighted by Gasteiger charge is 2.31. The van der Waals surface area contributed by atoms with Crippen LogP contribution in [0.25, 0.3) is 10.9 Å². The van der Waals surface area contributed by atoms with Crippen LogP contribution in [0.1, 0.15) is 15.8 Å². The Balaban J connectivity index is 0.00000200. The molecule has 2 aromatic carbocycles. The number of sulfonamides is 1. The summed E-state index contributed by atoms with van der Waals surface area (Å²) in [6.07, 6.45) is 2.92. The number of amides is 2. The van der Waals surface area contributed by atoms with Crippen molar-refractivity contribution in [2.75, 3.05) is 29.3 Å². The summed E-state index contributed by atoms with van der Waals surface area (Å²) in [5, 5.41) is 0.587. The predicted octanol–water partition coefficient (Wildman–Crippen LogP) is 3.36. The van der Waals surface area contributed by atoms with Gasteiger partial charge in [0.05, 0.1) is 10.4 Å². The van der Waals surface area contributed by atoms with Gasteiger partial charge in [-0.05, 0) is 49.4 Å². The molecule has 0 aliphatic carbocycles. The lowest BCUT2D eigenvalue weighted by atomic mass is 10.2. The van der Waals surface area contributed by atoms with Gasteiger partial charge in [-0.2, -0.15) is 4.37 Å². The van der Waals surface area contributed by atoms with E-state index in [0.29, 0.717) is 23.1 Å². The topological polar surface area (TPSA) is 118 Å². The van der Waals surface area contributed by atoms with Crippen LogP contribution in [-0.2, 0) is 19.6 Å². The molecule has 0 bridgehead atoms. The summed E-state index contributed by atoms with van der Waals surface area (Å²) in [7, 11) is -3.84. The van der Waals surface area contributed by atoms with Crippen molar-refractivity contribution in [1.29, 1.82) is 0 Å². The molecule has 36 heavy (non-hydrogen) atoms. The molecule has 0 unspecified atom stereocenters. The maximum absolute atomic E-state index is 14.0. The van der Waals surface area contributed by atoms with Gasteiger partial charge in [0.15, 0.2) is 0 Å². The van der Waals surface area contributed by atoms with Crippen molar-refractivity contribution in [2.45, 2.75) is 17.9 Å². The lowest BCUT2D eigenvalue weighted by molar-refractivity contribution is -0.139. The number of benzene rings is 2. The van der Waals surface area contributed by atoms with Gasteiger partial charge in [-0.25, -0.2) is 17.8 Å². The van der Waals surface area contributed by atoms with E-state index in [0.717, 1.165) is 11.5 Å². The van der Waals surface area contributed by atoms with Crippen LogP contribution in [-0.4, -0.2) is 58.7 Å². The fourth-order valence-electron chi connectivity index (χ4n) is 4.20. The molecule has 0 spiro atoms. The highest BCUT2D eigenvalue weighted by atomic mass is 32.2. The van der Waals surface area contributed by atoms with Crippen molar-refractivity contribution in [1.82, 2.24) is 18.8 Å². The van der Waals surface area contributed by atoms with E-state index in [9.17, 15) is 22.4 Å². The normalized spacial score (nSPS) is 15.3. The number of hydrogen-bond acceptors (Lipinski definition) is 7. The van der Waals surface area contributed by atoms with E-state index in [1.807, 2.05) is 0 Å². The molecule has 3 heterocycles. The van der Waals surface area contributed by atoms with Gasteiger partial charge < -0.3 is 14.4 Å². The molecule has 0 saturated carbocycles. The number of nitrogens with one attached hydrogen (secondary N) is 1. The molecule has 1 fully saturated rings. The fraction of sp³-hybridized carbons (Fsp3) is 0.217. The van der Waals surface area contributed by atoms with Crippen LogP contribution in [0.4, 0.5) is 15.2 Å². The van der Waals surface area contributed by atoms with Crippen LogP contribution >= 0.6 is 11.5 Å². The van der Waals surface area contributed by atoms with E-state index < -0.39 is 16.1 Å². The van der Waals surface area contributed by atoms with E-state index in [2.05, 4.69) is 14.1 Å². The van der Waals surface area contributed by atoms with Gasteiger partial charge in [0, 0.05) is 44.7 Å². The highest BCUT2D eigenvalue weighted by molar-refractivity contribution is 7.93. The van der Waals surface area contributed by atoms with Gasteiger partial charge in [-0.1, -0.05) is 6.07 Å². The number of aromatic nitrogens is 3. The Morgan fingerprint density at radius 1 is 1.17 bits per heavy atom. The zero-order valence-corrected chi connectivity index (χ0v) is 20.7. The SMILES string of the molecule is C[C@H](C(=O)N1CCN(c2ccc(S(=O)(=O)Nc3ncns3)cc2)C(=O)C1)n1ccc2c(F)cccc21.[HH].[HH]. The van der Waals surface area contributed by atoms with Crippen molar-refractivity contribution >= 4 is 55.1 Å². The number of nitrogens with zero attached hydrogens (tertiary/aromatic N) is 5. The molecular formula is C23H25FN6O4S2. The molecule has 2 amide bonds. The summed E-state index contributed by atoms with van der Waals surface area (Å²) >= 11 is 0.920. The van der Waals surface area contributed by atoms with Gasteiger partial charge >= 0.3 is 0 Å². The average Bonchev–Trinajstić information content (AvgIpc) is 3.53. The molecule has 1 aliphatic rings. The second kappa shape index (κ2) is 9.32. The molecule has 1 atom stereocenters. The molecular weight excluding hydrogens is 507 g/mol. The van der Waals surface area contributed by atoms with Crippen LogP contribution < -0.4 is 9.62 Å². The van der Waals surface area contributed by atoms with Gasteiger partial charge in [-0.3, -0.25) is 14.3 Å². The molecule has 190 valence electrons. The van der Waals surface area contributed by atoms with Crippen molar-refractivity contribution in [2.24, 2.45) is 0 Å². The number of halogens is 1. The third-order valence-corrected chi connectivity index (χ3v) is 8.12. The molecule has 4 aromatic rings. The van der Waals surface area contributed by atoms with E-state index in [-0.39, 0.29) is 43.6 Å². The summed E-state index contributed by atoms with van der Waals surface area (Å²) in [4.78, 5) is 32.9. The predicted molar refractivity (Wildman–Crippen MR) is 137 cm³/mol. The largest absolute Gasteiger partial charge is 0.335 e. The molecule has 1 N–H and O–H groups in total. The lowest BCUT2D eigenvalue weighted by Crippen LogP contribution is -2.53. The second-order valence-corrected chi connectivity index (χ2v) is 10.7. The Morgan fingerprint density at radius 3 is 2.64 bits per heavy atom. The summed E-state index contributed by atoms with van der Waals surface area (Å²) < 4.78 is 46.9. The number of carbonyl (C=O) groups is 2. The van der Waals surface area contributed by atoms with Crippen LogP contribution in [0.3, 0.4) is 0 Å². The fourth-order valence-corrected chi connectivity index (χ4v) is 5.86.